The molecule has 0 saturated carbocycles. The minimum Gasteiger partial charge on any atom is -0.344 e. The predicted molar refractivity (Wildman–Crippen MR) is 96.7 cm³/mol. The summed E-state index contributed by atoms with van der Waals surface area (Å²) in [4.78, 5) is 26.5. The number of anilines is 1. The lowest BCUT2D eigenvalue weighted by Crippen LogP contribution is -2.33. The number of nitrogens with zero attached hydrogens (tertiary/aromatic N) is 3. The van der Waals surface area contributed by atoms with E-state index in [0.29, 0.717) is 11.6 Å². The molecule has 2 amide bonds. The smallest absolute Gasteiger partial charge is 0.344 e. The average Bonchev–Trinajstić information content (AvgIpc) is 3.14. The van der Waals surface area contributed by atoms with E-state index in [1.807, 2.05) is 0 Å². The van der Waals surface area contributed by atoms with Gasteiger partial charge < -0.3 is 10.2 Å². The molecule has 3 rings (SSSR count). The molecule has 2 heterocycles. The number of likely N-dealkylation sites (tertiary alicyclic amines) is 1. The lowest BCUT2D eigenvalue weighted by atomic mass is 9.91. The Morgan fingerprint density at radius 2 is 1.84 bits per heavy atom. The van der Waals surface area contributed by atoms with Crippen LogP contribution in [0, 0.1) is 11.7 Å². The zero-order chi connectivity index (χ0) is 23.3. The summed E-state index contributed by atoms with van der Waals surface area (Å²) in [5.41, 5.74) is -2.80. The minimum absolute atomic E-state index is 0.106. The largest absolute Gasteiger partial charge is 0.433 e. The quantitative estimate of drug-likeness (QED) is 0.575. The number of rotatable bonds is 4. The van der Waals surface area contributed by atoms with Gasteiger partial charge in [-0.25, -0.2) is 13.2 Å². The van der Waals surface area contributed by atoms with Crippen LogP contribution in [-0.2, 0) is 28.7 Å². The number of hydrogen-bond donors (Lipinski definition) is 1. The van der Waals surface area contributed by atoms with E-state index in [9.17, 15) is 35.9 Å². The average molecular weight is 448 g/mol. The summed E-state index contributed by atoms with van der Waals surface area (Å²) >= 11 is 0. The van der Waals surface area contributed by atoms with Crippen molar-refractivity contribution in [3.05, 3.63) is 47.0 Å². The lowest BCUT2D eigenvalue weighted by Gasteiger charge is -2.19. The highest BCUT2D eigenvalue weighted by Crippen LogP contribution is 2.39. The van der Waals surface area contributed by atoms with E-state index in [1.54, 1.807) is 0 Å². The molecule has 12 heteroatoms. The van der Waals surface area contributed by atoms with Crippen molar-refractivity contribution in [2.24, 2.45) is 13.0 Å². The molecule has 0 bridgehead atoms. The van der Waals surface area contributed by atoms with Crippen LogP contribution < -0.4 is 5.32 Å². The normalized spacial score (nSPS) is 19.8. The Bertz CT molecular complexity index is 1030. The van der Waals surface area contributed by atoms with Crippen LogP contribution in [0.15, 0.2) is 24.3 Å². The summed E-state index contributed by atoms with van der Waals surface area (Å²) in [5, 5.41) is 5.94. The van der Waals surface area contributed by atoms with Crippen molar-refractivity contribution >= 4 is 17.5 Å². The molecule has 1 aliphatic heterocycles. The maximum absolute atomic E-state index is 14.0. The van der Waals surface area contributed by atoms with Crippen molar-refractivity contribution in [2.75, 3.05) is 18.9 Å². The van der Waals surface area contributed by atoms with Gasteiger partial charge in [-0.15, -0.1) is 0 Å². The Labute approximate surface area is 172 Å². The van der Waals surface area contributed by atoms with Crippen LogP contribution in [0.3, 0.4) is 0 Å². The van der Waals surface area contributed by atoms with Crippen molar-refractivity contribution in [2.45, 2.75) is 24.9 Å². The van der Waals surface area contributed by atoms with E-state index in [4.69, 9.17) is 0 Å². The number of alkyl halides is 5. The number of carbonyl (C=O) groups is 2. The first-order valence-electron chi connectivity index (χ1n) is 9.05. The van der Waals surface area contributed by atoms with Crippen LogP contribution in [0.2, 0.25) is 0 Å². The molecule has 2 aromatic rings. The predicted octanol–water partition coefficient (Wildman–Crippen LogP) is 3.50. The van der Waals surface area contributed by atoms with Crippen LogP contribution in [0.4, 0.5) is 32.0 Å². The SMILES string of the molecule is CN1C[C@H](c2cc(C(F)(F)F)n(C)n2)[C@@H](C(=O)Nc2cccc(F)c2C(C)(F)F)C1=O. The van der Waals surface area contributed by atoms with Gasteiger partial charge in [0.15, 0.2) is 0 Å². The van der Waals surface area contributed by atoms with Gasteiger partial charge >= 0.3 is 6.18 Å². The molecule has 1 aromatic heterocycles. The third-order valence-electron chi connectivity index (χ3n) is 5.08. The first-order valence-corrected chi connectivity index (χ1v) is 9.05. The molecule has 1 N–H and O–H groups in total. The fourth-order valence-electron chi connectivity index (χ4n) is 3.68. The zero-order valence-corrected chi connectivity index (χ0v) is 16.6. The van der Waals surface area contributed by atoms with Crippen LogP contribution in [0.5, 0.6) is 0 Å². The van der Waals surface area contributed by atoms with Crippen LogP contribution in [-0.4, -0.2) is 40.1 Å². The van der Waals surface area contributed by atoms with Gasteiger partial charge in [-0.3, -0.25) is 14.3 Å². The van der Waals surface area contributed by atoms with E-state index >= 15 is 0 Å². The molecular weight excluding hydrogens is 430 g/mol. The van der Waals surface area contributed by atoms with Gasteiger partial charge in [-0.1, -0.05) is 6.07 Å². The van der Waals surface area contributed by atoms with Gasteiger partial charge in [0.05, 0.1) is 16.9 Å². The number of likely N-dealkylation sites (N-methyl/N-ethyl adjacent to an activating group) is 1. The van der Waals surface area contributed by atoms with Crippen molar-refractivity contribution in [1.82, 2.24) is 14.7 Å². The number of amides is 2. The Hall–Kier alpha value is -3.05. The highest BCUT2D eigenvalue weighted by Gasteiger charge is 2.47. The van der Waals surface area contributed by atoms with Crippen LogP contribution >= 0.6 is 0 Å². The molecule has 168 valence electrons. The van der Waals surface area contributed by atoms with Crippen molar-refractivity contribution in [3.63, 3.8) is 0 Å². The summed E-state index contributed by atoms with van der Waals surface area (Å²) in [6.45, 7) is 0.343. The first-order chi connectivity index (χ1) is 14.2. The summed E-state index contributed by atoms with van der Waals surface area (Å²) < 4.78 is 81.6. The van der Waals surface area contributed by atoms with Gasteiger partial charge in [-0.05, 0) is 18.2 Å². The van der Waals surface area contributed by atoms with Crippen molar-refractivity contribution < 1.29 is 35.9 Å². The Kier molecular flexibility index (Phi) is 5.53. The lowest BCUT2D eigenvalue weighted by molar-refractivity contribution is -0.143. The van der Waals surface area contributed by atoms with Gasteiger partial charge in [0, 0.05) is 33.5 Å². The molecule has 0 radical (unpaired) electrons. The van der Waals surface area contributed by atoms with Crippen LogP contribution in [0.1, 0.15) is 29.8 Å². The van der Waals surface area contributed by atoms with E-state index in [-0.39, 0.29) is 12.2 Å². The zero-order valence-electron chi connectivity index (χ0n) is 16.6. The number of aryl methyl sites for hydroxylation is 1. The number of aromatic nitrogens is 2. The number of nitrogens with one attached hydrogen (secondary N) is 1. The highest BCUT2D eigenvalue weighted by molar-refractivity contribution is 6.08. The summed E-state index contributed by atoms with van der Waals surface area (Å²) in [7, 11) is 2.42. The molecule has 31 heavy (non-hydrogen) atoms. The Morgan fingerprint density at radius 1 is 1.19 bits per heavy atom. The van der Waals surface area contributed by atoms with Gasteiger partial charge in [-0.2, -0.15) is 18.3 Å². The topological polar surface area (TPSA) is 67.2 Å². The van der Waals surface area contributed by atoms with E-state index in [2.05, 4.69) is 10.4 Å². The number of hydrogen-bond acceptors (Lipinski definition) is 3. The molecule has 6 nitrogen and oxygen atoms in total. The molecule has 0 aliphatic carbocycles. The Balaban J connectivity index is 1.97. The molecule has 1 saturated heterocycles. The summed E-state index contributed by atoms with van der Waals surface area (Å²) in [6, 6.07) is 3.69. The fourth-order valence-corrected chi connectivity index (χ4v) is 3.68. The van der Waals surface area contributed by atoms with Gasteiger partial charge in [0.1, 0.15) is 17.4 Å². The molecule has 1 aliphatic rings. The molecule has 0 spiro atoms. The summed E-state index contributed by atoms with van der Waals surface area (Å²) in [5.74, 6) is -9.23. The highest BCUT2D eigenvalue weighted by atomic mass is 19.4. The second-order valence-electron chi connectivity index (χ2n) is 7.42. The summed E-state index contributed by atoms with van der Waals surface area (Å²) in [6.07, 6.45) is -4.70. The Morgan fingerprint density at radius 3 is 2.39 bits per heavy atom. The number of halogens is 6. The first kappa shape index (κ1) is 22.6. The second-order valence-corrected chi connectivity index (χ2v) is 7.42. The van der Waals surface area contributed by atoms with Crippen molar-refractivity contribution in [3.8, 4) is 0 Å². The van der Waals surface area contributed by atoms with E-state index < -0.39 is 58.5 Å². The number of benzene rings is 1. The monoisotopic (exact) mass is 448 g/mol. The maximum atomic E-state index is 14.0. The molecule has 1 aromatic carbocycles. The van der Waals surface area contributed by atoms with Crippen LogP contribution in [0.25, 0.3) is 0 Å². The fraction of sp³-hybridized carbons (Fsp3) is 0.421. The third kappa shape index (κ3) is 4.23. The molecular formula is C19H18F6N4O2. The van der Waals surface area contributed by atoms with Gasteiger partial charge in [0.25, 0.3) is 5.92 Å². The molecule has 0 unspecified atom stereocenters. The van der Waals surface area contributed by atoms with Gasteiger partial charge in [0.2, 0.25) is 11.8 Å². The maximum Gasteiger partial charge on any atom is 0.433 e. The second kappa shape index (κ2) is 7.57. The number of carbonyl (C=O) groups excluding carboxylic acids is 2. The minimum atomic E-state index is -4.70. The van der Waals surface area contributed by atoms with E-state index in [1.165, 1.54) is 7.05 Å². The standard InChI is InChI=1S/C19H18F6N4O2/c1-18(21,22)15-10(20)5-4-6-11(15)26-16(30)14-9(8-28(2)17(14)31)12-7-13(19(23,24)25)29(3)27-12/h4-7,9,14H,8H2,1-3H3,(H,26,30)/t9-,14+/m1/s1. The van der Waals surface area contributed by atoms with E-state index in [0.717, 1.165) is 36.2 Å². The van der Waals surface area contributed by atoms with Crippen molar-refractivity contribution in [1.29, 1.82) is 0 Å². The molecule has 1 fully saturated rings. The molecule has 2 atom stereocenters. The third-order valence-corrected chi connectivity index (χ3v) is 5.08.